The number of hydrogen-bond donors (Lipinski definition) is 1. The number of nitrogens with one attached hydrogen (secondary N) is 1. The van der Waals surface area contributed by atoms with Crippen LogP contribution in [0.4, 0.5) is 0 Å². The summed E-state index contributed by atoms with van der Waals surface area (Å²) in [6, 6.07) is 11.2. The average Bonchev–Trinajstić information content (AvgIpc) is 2.61. The first-order valence-electron chi connectivity index (χ1n) is 8.04. The predicted molar refractivity (Wildman–Crippen MR) is 92.8 cm³/mol. The van der Waals surface area contributed by atoms with Crippen LogP contribution < -0.4 is 5.32 Å². The lowest BCUT2D eigenvalue weighted by molar-refractivity contribution is -0.123. The van der Waals surface area contributed by atoms with Gasteiger partial charge in [0.15, 0.2) is 0 Å². The molecular formula is C19H18N4O2. The molecule has 3 rings (SSSR count). The summed E-state index contributed by atoms with van der Waals surface area (Å²) in [6.45, 7) is 4.79. The maximum Gasteiger partial charge on any atom is 0.254 e. The molecule has 0 saturated carbocycles. The van der Waals surface area contributed by atoms with Crippen LogP contribution in [0.2, 0.25) is 0 Å². The lowest BCUT2D eigenvalue weighted by Gasteiger charge is -2.26. The number of rotatable bonds is 2. The molecule has 1 aromatic heterocycles. The van der Waals surface area contributed by atoms with Gasteiger partial charge in [0.2, 0.25) is 5.91 Å². The number of nitrogens with zero attached hydrogens (tertiary/aromatic N) is 3. The summed E-state index contributed by atoms with van der Waals surface area (Å²) >= 11 is 0. The molecule has 0 bridgehead atoms. The van der Waals surface area contributed by atoms with Gasteiger partial charge in [-0.05, 0) is 37.6 Å². The number of pyridine rings is 1. The molecule has 1 aliphatic heterocycles. The van der Waals surface area contributed by atoms with Crippen molar-refractivity contribution in [2.75, 3.05) is 19.6 Å². The molecule has 1 N–H and O–H groups in total. The Labute approximate surface area is 146 Å². The van der Waals surface area contributed by atoms with Crippen molar-refractivity contribution in [1.29, 1.82) is 5.26 Å². The zero-order chi connectivity index (χ0) is 18.0. The van der Waals surface area contributed by atoms with Gasteiger partial charge in [-0.15, -0.1) is 0 Å². The van der Waals surface area contributed by atoms with Gasteiger partial charge in [0.1, 0.15) is 6.07 Å². The Morgan fingerprint density at radius 2 is 2.00 bits per heavy atom. The molecule has 0 atom stereocenters. The molecule has 0 aliphatic carbocycles. The molecule has 25 heavy (non-hydrogen) atoms. The Kier molecular flexibility index (Phi) is 4.48. The summed E-state index contributed by atoms with van der Waals surface area (Å²) in [5.74, 6) is -0.287. The number of aryl methyl sites for hydroxylation is 2. The van der Waals surface area contributed by atoms with Gasteiger partial charge in [-0.3, -0.25) is 14.6 Å². The van der Waals surface area contributed by atoms with Gasteiger partial charge in [0.25, 0.3) is 5.91 Å². The number of nitriles is 1. The van der Waals surface area contributed by atoms with Crippen LogP contribution in [0.15, 0.2) is 30.3 Å². The first kappa shape index (κ1) is 16.7. The van der Waals surface area contributed by atoms with Crippen molar-refractivity contribution >= 4 is 11.8 Å². The minimum Gasteiger partial charge on any atom is -0.353 e. The number of aromatic nitrogens is 1. The van der Waals surface area contributed by atoms with Crippen LogP contribution in [0, 0.1) is 25.2 Å². The van der Waals surface area contributed by atoms with Gasteiger partial charge in [0, 0.05) is 24.2 Å². The van der Waals surface area contributed by atoms with Gasteiger partial charge in [-0.25, -0.2) is 0 Å². The van der Waals surface area contributed by atoms with E-state index in [-0.39, 0.29) is 18.4 Å². The van der Waals surface area contributed by atoms with Crippen LogP contribution in [-0.2, 0) is 4.79 Å². The van der Waals surface area contributed by atoms with Gasteiger partial charge in [-0.1, -0.05) is 12.1 Å². The monoisotopic (exact) mass is 334 g/mol. The van der Waals surface area contributed by atoms with E-state index in [4.69, 9.17) is 5.26 Å². The van der Waals surface area contributed by atoms with E-state index in [0.717, 1.165) is 16.8 Å². The highest BCUT2D eigenvalue weighted by molar-refractivity contribution is 5.97. The van der Waals surface area contributed by atoms with Crippen molar-refractivity contribution in [2.24, 2.45) is 0 Å². The Morgan fingerprint density at radius 3 is 2.60 bits per heavy atom. The van der Waals surface area contributed by atoms with E-state index in [1.165, 1.54) is 0 Å². The van der Waals surface area contributed by atoms with Crippen LogP contribution in [-0.4, -0.2) is 41.3 Å². The lowest BCUT2D eigenvalue weighted by Crippen LogP contribution is -2.49. The van der Waals surface area contributed by atoms with Crippen molar-refractivity contribution in [3.63, 3.8) is 0 Å². The first-order valence-corrected chi connectivity index (χ1v) is 8.04. The summed E-state index contributed by atoms with van der Waals surface area (Å²) in [5, 5.41) is 11.8. The highest BCUT2D eigenvalue weighted by Crippen LogP contribution is 2.22. The molecule has 0 unspecified atom stereocenters. The summed E-state index contributed by atoms with van der Waals surface area (Å²) < 4.78 is 0. The highest BCUT2D eigenvalue weighted by Gasteiger charge is 2.22. The fraction of sp³-hybridized carbons (Fsp3) is 0.263. The van der Waals surface area contributed by atoms with Crippen molar-refractivity contribution in [2.45, 2.75) is 13.8 Å². The molecule has 6 heteroatoms. The third-order valence-electron chi connectivity index (χ3n) is 4.26. The summed E-state index contributed by atoms with van der Waals surface area (Å²) in [6.07, 6.45) is 0. The van der Waals surface area contributed by atoms with E-state index in [9.17, 15) is 9.59 Å². The fourth-order valence-electron chi connectivity index (χ4n) is 2.93. The van der Waals surface area contributed by atoms with Gasteiger partial charge >= 0.3 is 0 Å². The maximum absolute atomic E-state index is 12.5. The minimum atomic E-state index is -0.151. The van der Waals surface area contributed by atoms with Crippen LogP contribution >= 0.6 is 0 Å². The zero-order valence-electron chi connectivity index (χ0n) is 14.2. The average molecular weight is 334 g/mol. The standard InChI is InChI=1S/C19H18N4O2/c1-12-9-17(22-13(2)16(12)10-20)14-3-5-15(6-4-14)19(25)23-8-7-21-18(24)11-23/h3-6,9H,7-8,11H2,1-2H3,(H,21,24). The number of amides is 2. The molecule has 0 radical (unpaired) electrons. The van der Waals surface area contributed by atoms with E-state index in [2.05, 4.69) is 16.4 Å². The molecule has 2 aromatic rings. The summed E-state index contributed by atoms with van der Waals surface area (Å²) in [7, 11) is 0. The van der Waals surface area contributed by atoms with Crippen LogP contribution in [0.25, 0.3) is 11.3 Å². The van der Waals surface area contributed by atoms with Crippen LogP contribution in [0.3, 0.4) is 0 Å². The molecule has 1 fully saturated rings. The SMILES string of the molecule is Cc1cc(-c2ccc(C(=O)N3CCNC(=O)C3)cc2)nc(C)c1C#N. The normalized spacial score (nSPS) is 14.0. The second kappa shape index (κ2) is 6.73. The molecule has 1 aliphatic rings. The quantitative estimate of drug-likeness (QED) is 0.907. The largest absolute Gasteiger partial charge is 0.353 e. The second-order valence-corrected chi connectivity index (χ2v) is 6.05. The summed E-state index contributed by atoms with van der Waals surface area (Å²) in [5.41, 5.74) is 4.36. The maximum atomic E-state index is 12.5. The molecule has 126 valence electrons. The van der Waals surface area contributed by atoms with Crippen molar-refractivity contribution in [3.8, 4) is 17.3 Å². The zero-order valence-corrected chi connectivity index (χ0v) is 14.2. The molecule has 2 heterocycles. The number of piperazine rings is 1. The minimum absolute atomic E-state index is 0.0934. The highest BCUT2D eigenvalue weighted by atomic mass is 16.2. The molecule has 1 saturated heterocycles. The fourth-order valence-corrected chi connectivity index (χ4v) is 2.93. The van der Waals surface area contributed by atoms with Gasteiger partial charge in [0.05, 0.1) is 23.5 Å². The van der Waals surface area contributed by atoms with E-state index in [1.807, 2.05) is 32.0 Å². The number of benzene rings is 1. The third-order valence-corrected chi connectivity index (χ3v) is 4.26. The first-order chi connectivity index (χ1) is 12.0. The van der Waals surface area contributed by atoms with Crippen molar-refractivity contribution in [3.05, 3.63) is 52.7 Å². The Bertz CT molecular complexity index is 858. The van der Waals surface area contributed by atoms with Crippen molar-refractivity contribution in [1.82, 2.24) is 15.2 Å². The predicted octanol–water partition coefficient (Wildman–Crippen LogP) is 1.81. The van der Waals surface area contributed by atoms with Crippen LogP contribution in [0.1, 0.15) is 27.2 Å². The Hall–Kier alpha value is -3.20. The van der Waals surface area contributed by atoms with E-state index in [0.29, 0.717) is 29.9 Å². The van der Waals surface area contributed by atoms with Gasteiger partial charge in [-0.2, -0.15) is 5.26 Å². The molecule has 1 aromatic carbocycles. The van der Waals surface area contributed by atoms with Crippen molar-refractivity contribution < 1.29 is 9.59 Å². The molecule has 0 spiro atoms. The molecule has 2 amide bonds. The van der Waals surface area contributed by atoms with E-state index >= 15 is 0 Å². The Balaban J connectivity index is 1.84. The van der Waals surface area contributed by atoms with Crippen LogP contribution in [0.5, 0.6) is 0 Å². The lowest BCUT2D eigenvalue weighted by atomic mass is 10.0. The van der Waals surface area contributed by atoms with E-state index < -0.39 is 0 Å². The topological polar surface area (TPSA) is 86.1 Å². The smallest absolute Gasteiger partial charge is 0.254 e. The number of carbonyl (C=O) groups is 2. The third kappa shape index (κ3) is 3.36. The number of carbonyl (C=O) groups excluding carboxylic acids is 2. The number of hydrogen-bond acceptors (Lipinski definition) is 4. The molecule has 6 nitrogen and oxygen atoms in total. The van der Waals surface area contributed by atoms with Gasteiger partial charge < -0.3 is 10.2 Å². The molecular weight excluding hydrogens is 316 g/mol. The van der Waals surface area contributed by atoms with E-state index in [1.54, 1.807) is 17.0 Å². The second-order valence-electron chi connectivity index (χ2n) is 6.05. The summed E-state index contributed by atoms with van der Waals surface area (Å²) in [4.78, 5) is 29.9. The Morgan fingerprint density at radius 1 is 1.28 bits per heavy atom.